The van der Waals surface area contributed by atoms with Gasteiger partial charge in [0.25, 0.3) is 0 Å². The number of benzene rings is 2. The fourth-order valence-corrected chi connectivity index (χ4v) is 2.84. The lowest BCUT2D eigenvalue weighted by molar-refractivity contribution is 0.911. The summed E-state index contributed by atoms with van der Waals surface area (Å²) in [5.41, 5.74) is 12.8. The molecule has 1 nitrogen and oxygen atoms in total. The molecule has 0 heterocycles. The van der Waals surface area contributed by atoms with Crippen LogP contribution in [0.15, 0.2) is 42.5 Å². The van der Waals surface area contributed by atoms with Gasteiger partial charge in [0.2, 0.25) is 0 Å². The van der Waals surface area contributed by atoms with Gasteiger partial charge in [0.05, 0.1) is 0 Å². The van der Waals surface area contributed by atoms with E-state index in [1.807, 2.05) is 0 Å². The number of fused-ring (bicyclic) bond motifs is 1. The molecule has 0 aliphatic heterocycles. The molecule has 0 atom stereocenters. The van der Waals surface area contributed by atoms with Gasteiger partial charge in [-0.1, -0.05) is 42.5 Å². The highest BCUT2D eigenvalue weighted by Gasteiger charge is 2.10. The number of hydrogen-bond donors (Lipinski definition) is 1. The van der Waals surface area contributed by atoms with Crippen LogP contribution in [0.1, 0.15) is 34.2 Å². The molecule has 2 N–H and O–H groups in total. The van der Waals surface area contributed by atoms with E-state index in [1.54, 1.807) is 11.1 Å². The van der Waals surface area contributed by atoms with Crippen LogP contribution in [-0.4, -0.2) is 0 Å². The Morgan fingerprint density at radius 1 is 0.833 bits per heavy atom. The summed E-state index contributed by atoms with van der Waals surface area (Å²) in [5, 5.41) is 0. The van der Waals surface area contributed by atoms with Gasteiger partial charge in [0.1, 0.15) is 0 Å². The molecule has 0 saturated heterocycles. The third-order valence-electron chi connectivity index (χ3n) is 3.80. The van der Waals surface area contributed by atoms with E-state index in [4.69, 9.17) is 5.73 Å². The Balaban J connectivity index is 1.83. The molecule has 1 aliphatic rings. The van der Waals surface area contributed by atoms with E-state index in [0.717, 1.165) is 6.42 Å². The van der Waals surface area contributed by atoms with Gasteiger partial charge in [-0.3, -0.25) is 0 Å². The molecule has 1 heteroatoms. The molecule has 2 aromatic rings. The minimum atomic E-state index is 0.623. The summed E-state index contributed by atoms with van der Waals surface area (Å²) in [6, 6.07) is 15.6. The normalized spacial score (nSPS) is 13.6. The highest BCUT2D eigenvalue weighted by atomic mass is 14.5. The lowest BCUT2D eigenvalue weighted by atomic mass is 9.99. The molecule has 2 aromatic carbocycles. The van der Waals surface area contributed by atoms with E-state index < -0.39 is 0 Å². The second-order valence-corrected chi connectivity index (χ2v) is 5.16. The van der Waals surface area contributed by atoms with Crippen molar-refractivity contribution in [2.45, 2.75) is 32.2 Å². The van der Waals surface area contributed by atoms with E-state index in [2.05, 4.69) is 42.5 Å². The maximum atomic E-state index is 5.69. The van der Waals surface area contributed by atoms with Crippen molar-refractivity contribution in [2.75, 3.05) is 0 Å². The molecule has 0 saturated carbocycles. The maximum absolute atomic E-state index is 5.69. The van der Waals surface area contributed by atoms with E-state index in [0.29, 0.717) is 6.54 Å². The van der Waals surface area contributed by atoms with Crippen molar-refractivity contribution in [3.8, 4) is 0 Å². The Bertz CT molecular complexity index is 557. The van der Waals surface area contributed by atoms with Gasteiger partial charge < -0.3 is 5.73 Å². The third-order valence-corrected chi connectivity index (χ3v) is 3.80. The molecular formula is C17H19N. The Labute approximate surface area is 109 Å². The van der Waals surface area contributed by atoms with Gasteiger partial charge in [-0.25, -0.2) is 0 Å². The summed E-state index contributed by atoms with van der Waals surface area (Å²) < 4.78 is 0. The van der Waals surface area contributed by atoms with Crippen molar-refractivity contribution < 1.29 is 0 Å². The zero-order chi connectivity index (χ0) is 12.4. The topological polar surface area (TPSA) is 26.0 Å². The largest absolute Gasteiger partial charge is 0.326 e. The van der Waals surface area contributed by atoms with Gasteiger partial charge in [-0.15, -0.1) is 0 Å². The van der Waals surface area contributed by atoms with Crippen LogP contribution < -0.4 is 5.73 Å². The molecule has 0 aromatic heterocycles. The Hall–Kier alpha value is -1.60. The first-order chi connectivity index (χ1) is 8.85. The van der Waals surface area contributed by atoms with Crippen LogP contribution in [0.25, 0.3) is 0 Å². The Morgan fingerprint density at radius 3 is 2.50 bits per heavy atom. The smallest absolute Gasteiger partial charge is 0.0178 e. The Kier molecular flexibility index (Phi) is 3.16. The molecular weight excluding hydrogens is 218 g/mol. The van der Waals surface area contributed by atoms with Crippen molar-refractivity contribution in [1.29, 1.82) is 0 Å². The van der Waals surface area contributed by atoms with Gasteiger partial charge >= 0.3 is 0 Å². The van der Waals surface area contributed by atoms with E-state index in [-0.39, 0.29) is 0 Å². The van der Waals surface area contributed by atoms with Crippen molar-refractivity contribution in [3.05, 3.63) is 70.3 Å². The van der Waals surface area contributed by atoms with Crippen LogP contribution in [0.5, 0.6) is 0 Å². The summed E-state index contributed by atoms with van der Waals surface area (Å²) in [4.78, 5) is 0. The van der Waals surface area contributed by atoms with E-state index >= 15 is 0 Å². The minimum Gasteiger partial charge on any atom is -0.326 e. The molecule has 0 fully saturated rings. The molecule has 3 rings (SSSR count). The lowest BCUT2D eigenvalue weighted by Gasteiger charge is -2.06. The van der Waals surface area contributed by atoms with Crippen LogP contribution in [0, 0.1) is 0 Å². The highest BCUT2D eigenvalue weighted by molar-refractivity contribution is 5.38. The molecule has 0 spiro atoms. The van der Waals surface area contributed by atoms with Gasteiger partial charge in [0, 0.05) is 6.54 Å². The summed E-state index contributed by atoms with van der Waals surface area (Å²) >= 11 is 0. The summed E-state index contributed by atoms with van der Waals surface area (Å²) in [6.45, 7) is 0.623. The van der Waals surface area contributed by atoms with Crippen LogP contribution in [-0.2, 0) is 25.8 Å². The third kappa shape index (κ3) is 2.32. The Morgan fingerprint density at radius 2 is 1.61 bits per heavy atom. The lowest BCUT2D eigenvalue weighted by Crippen LogP contribution is -1.97. The molecule has 0 bridgehead atoms. The number of nitrogens with two attached hydrogens (primary N) is 1. The predicted octanol–water partition coefficient (Wildman–Crippen LogP) is 3.22. The monoisotopic (exact) mass is 237 g/mol. The quantitative estimate of drug-likeness (QED) is 0.871. The first-order valence-electron chi connectivity index (χ1n) is 6.74. The van der Waals surface area contributed by atoms with Crippen molar-refractivity contribution in [2.24, 2.45) is 5.73 Å². The summed E-state index contributed by atoms with van der Waals surface area (Å²) in [5.74, 6) is 0. The minimum absolute atomic E-state index is 0.623. The van der Waals surface area contributed by atoms with Crippen molar-refractivity contribution in [1.82, 2.24) is 0 Å². The number of aryl methyl sites for hydroxylation is 2. The fourth-order valence-electron chi connectivity index (χ4n) is 2.84. The zero-order valence-corrected chi connectivity index (χ0v) is 10.7. The fraction of sp³-hybridized carbons (Fsp3) is 0.294. The molecule has 0 radical (unpaired) electrons. The van der Waals surface area contributed by atoms with Crippen molar-refractivity contribution in [3.63, 3.8) is 0 Å². The number of rotatable bonds is 3. The molecule has 0 unspecified atom stereocenters. The molecule has 92 valence electrons. The second-order valence-electron chi connectivity index (χ2n) is 5.16. The van der Waals surface area contributed by atoms with Gasteiger partial charge in [-0.2, -0.15) is 0 Å². The van der Waals surface area contributed by atoms with E-state index in [9.17, 15) is 0 Å². The zero-order valence-electron chi connectivity index (χ0n) is 10.7. The first-order valence-corrected chi connectivity index (χ1v) is 6.74. The molecule has 18 heavy (non-hydrogen) atoms. The summed E-state index contributed by atoms with van der Waals surface area (Å²) in [7, 11) is 0. The summed E-state index contributed by atoms with van der Waals surface area (Å²) in [6.07, 6.45) is 4.85. The van der Waals surface area contributed by atoms with E-state index in [1.165, 1.54) is 36.0 Å². The standard InChI is InChI=1S/C17H19N/c18-12-15-4-1-3-13(10-15)9-14-7-8-16-5-2-6-17(16)11-14/h1,3-4,7-8,10-11H,2,5-6,9,12,18H2. The molecule has 1 aliphatic carbocycles. The predicted molar refractivity (Wildman–Crippen MR) is 75.6 cm³/mol. The van der Waals surface area contributed by atoms with Gasteiger partial charge in [0.15, 0.2) is 0 Å². The average molecular weight is 237 g/mol. The molecule has 0 amide bonds. The van der Waals surface area contributed by atoms with Crippen molar-refractivity contribution >= 4 is 0 Å². The maximum Gasteiger partial charge on any atom is 0.0178 e. The van der Waals surface area contributed by atoms with Crippen LogP contribution in [0.4, 0.5) is 0 Å². The first kappa shape index (κ1) is 11.5. The van der Waals surface area contributed by atoms with Crippen LogP contribution >= 0.6 is 0 Å². The highest BCUT2D eigenvalue weighted by Crippen LogP contribution is 2.24. The van der Waals surface area contributed by atoms with Crippen LogP contribution in [0.3, 0.4) is 0 Å². The number of hydrogen-bond acceptors (Lipinski definition) is 1. The van der Waals surface area contributed by atoms with Gasteiger partial charge in [-0.05, 0) is 53.5 Å². The second kappa shape index (κ2) is 4.95. The van der Waals surface area contributed by atoms with Crippen LogP contribution in [0.2, 0.25) is 0 Å². The average Bonchev–Trinajstić information content (AvgIpc) is 2.86. The SMILES string of the molecule is NCc1cccc(Cc2ccc3c(c2)CCC3)c1.